The van der Waals surface area contributed by atoms with Crippen molar-refractivity contribution < 1.29 is 14.6 Å². The topological polar surface area (TPSA) is 46.5 Å². The average Bonchev–Trinajstić information content (AvgIpc) is 2.34. The van der Waals surface area contributed by atoms with Crippen molar-refractivity contribution >= 4 is 23.6 Å². The van der Waals surface area contributed by atoms with Crippen LogP contribution in [-0.4, -0.2) is 17.7 Å². The summed E-state index contributed by atoms with van der Waals surface area (Å²) in [4.78, 5) is 10.5. The van der Waals surface area contributed by atoms with Crippen LogP contribution in [0.3, 0.4) is 0 Å². The van der Waals surface area contributed by atoms with E-state index in [1.165, 1.54) is 6.08 Å². The maximum absolute atomic E-state index is 10.5. The van der Waals surface area contributed by atoms with Gasteiger partial charge < -0.3 is 9.84 Å². The molecular weight excluding hydrogens is 252 g/mol. The van der Waals surface area contributed by atoms with E-state index in [0.29, 0.717) is 22.9 Å². The third-order valence-electron chi connectivity index (χ3n) is 2.34. The molecule has 0 aliphatic rings. The van der Waals surface area contributed by atoms with Crippen LogP contribution in [0.25, 0.3) is 6.08 Å². The smallest absolute Gasteiger partial charge is 0.328 e. The van der Waals surface area contributed by atoms with Crippen molar-refractivity contribution in [3.8, 4) is 5.75 Å². The van der Waals surface area contributed by atoms with Gasteiger partial charge >= 0.3 is 5.97 Å². The molecule has 0 aromatic heterocycles. The molecule has 1 rings (SSSR count). The molecule has 0 amide bonds. The Hall–Kier alpha value is -1.74. The Bertz CT molecular complexity index is 478. The highest BCUT2D eigenvalue weighted by molar-refractivity contribution is 6.32. The second kappa shape index (κ2) is 6.87. The van der Waals surface area contributed by atoms with Gasteiger partial charge in [0.1, 0.15) is 12.4 Å². The van der Waals surface area contributed by atoms with Crippen molar-refractivity contribution in [2.75, 3.05) is 6.61 Å². The number of ether oxygens (including phenoxy) is 1. The highest BCUT2D eigenvalue weighted by atomic mass is 35.5. The molecule has 18 heavy (non-hydrogen) atoms. The van der Waals surface area contributed by atoms with E-state index in [9.17, 15) is 4.79 Å². The zero-order valence-corrected chi connectivity index (χ0v) is 10.9. The fraction of sp³-hybridized carbons (Fsp3) is 0.214. The second-order valence-corrected chi connectivity index (χ2v) is 4.12. The molecule has 0 radical (unpaired) electrons. The number of carboxylic acid groups (broad SMARTS) is 1. The summed E-state index contributed by atoms with van der Waals surface area (Å²) in [6, 6.07) is 5.19. The Morgan fingerprint density at radius 3 is 2.89 bits per heavy atom. The molecule has 0 aliphatic carbocycles. The van der Waals surface area contributed by atoms with Crippen LogP contribution in [0, 0.1) is 0 Å². The van der Waals surface area contributed by atoms with Gasteiger partial charge in [-0.3, -0.25) is 0 Å². The van der Waals surface area contributed by atoms with Crippen LogP contribution in [0.15, 0.2) is 36.4 Å². The number of hydrogen-bond acceptors (Lipinski definition) is 2. The second-order valence-electron chi connectivity index (χ2n) is 3.72. The minimum absolute atomic E-state index is 0.394. The Kier molecular flexibility index (Phi) is 5.46. The Morgan fingerprint density at radius 1 is 1.56 bits per heavy atom. The SMILES string of the molecule is C=C(CC)COc1cccc(Cl)c1/C=C/C(=O)O. The first kappa shape index (κ1) is 14.3. The van der Waals surface area contributed by atoms with Crippen molar-refractivity contribution in [1.82, 2.24) is 0 Å². The van der Waals surface area contributed by atoms with Gasteiger partial charge in [0.15, 0.2) is 0 Å². The standard InChI is InChI=1S/C14H15ClO3/c1-3-10(2)9-18-13-6-4-5-12(15)11(13)7-8-14(16)17/h4-8H,2-3,9H2,1H3,(H,16,17)/b8-7+. The molecule has 1 aromatic carbocycles. The van der Waals surface area contributed by atoms with E-state index in [-0.39, 0.29) is 0 Å². The minimum atomic E-state index is -1.03. The number of carboxylic acids is 1. The molecule has 1 N–H and O–H groups in total. The first-order valence-corrected chi connectivity index (χ1v) is 5.91. The molecule has 0 atom stereocenters. The van der Waals surface area contributed by atoms with Crippen LogP contribution >= 0.6 is 11.6 Å². The van der Waals surface area contributed by atoms with Gasteiger partial charge in [0, 0.05) is 11.6 Å². The Balaban J connectivity index is 2.93. The summed E-state index contributed by atoms with van der Waals surface area (Å²) in [6.07, 6.45) is 3.29. The van der Waals surface area contributed by atoms with Gasteiger partial charge in [0.25, 0.3) is 0 Å². The zero-order valence-electron chi connectivity index (χ0n) is 10.1. The third-order valence-corrected chi connectivity index (χ3v) is 2.67. The molecule has 1 aromatic rings. The van der Waals surface area contributed by atoms with E-state index in [1.54, 1.807) is 18.2 Å². The lowest BCUT2D eigenvalue weighted by atomic mass is 10.2. The first-order chi connectivity index (χ1) is 8.54. The van der Waals surface area contributed by atoms with Crippen LogP contribution < -0.4 is 4.74 Å². The Morgan fingerprint density at radius 2 is 2.28 bits per heavy atom. The monoisotopic (exact) mass is 266 g/mol. The van der Waals surface area contributed by atoms with Crippen LogP contribution in [0.5, 0.6) is 5.75 Å². The van der Waals surface area contributed by atoms with Crippen molar-refractivity contribution in [3.05, 3.63) is 47.0 Å². The molecule has 0 saturated carbocycles. The molecule has 0 unspecified atom stereocenters. The van der Waals surface area contributed by atoms with Gasteiger partial charge in [-0.05, 0) is 30.2 Å². The van der Waals surface area contributed by atoms with Gasteiger partial charge in [-0.25, -0.2) is 4.79 Å². The number of benzene rings is 1. The molecule has 0 heterocycles. The highest BCUT2D eigenvalue weighted by Crippen LogP contribution is 2.28. The molecule has 0 bridgehead atoms. The summed E-state index contributed by atoms with van der Waals surface area (Å²) in [7, 11) is 0. The summed E-state index contributed by atoms with van der Waals surface area (Å²) in [6.45, 7) is 6.23. The molecule has 0 spiro atoms. The van der Waals surface area contributed by atoms with E-state index in [4.69, 9.17) is 21.4 Å². The summed E-state index contributed by atoms with van der Waals surface area (Å²) in [5, 5.41) is 9.08. The van der Waals surface area contributed by atoms with Crippen molar-refractivity contribution in [1.29, 1.82) is 0 Å². The largest absolute Gasteiger partial charge is 0.489 e. The lowest BCUT2D eigenvalue weighted by molar-refractivity contribution is -0.131. The molecular formula is C14H15ClO3. The van der Waals surface area contributed by atoms with Gasteiger partial charge in [-0.15, -0.1) is 0 Å². The number of hydrogen-bond donors (Lipinski definition) is 1. The van der Waals surface area contributed by atoms with Crippen LogP contribution in [-0.2, 0) is 4.79 Å². The molecule has 0 fully saturated rings. The van der Waals surface area contributed by atoms with E-state index in [0.717, 1.165) is 18.1 Å². The molecule has 0 saturated heterocycles. The highest BCUT2D eigenvalue weighted by Gasteiger charge is 2.06. The third kappa shape index (κ3) is 4.26. The maximum atomic E-state index is 10.5. The van der Waals surface area contributed by atoms with Crippen molar-refractivity contribution in [2.24, 2.45) is 0 Å². The fourth-order valence-electron chi connectivity index (χ4n) is 1.24. The van der Waals surface area contributed by atoms with E-state index < -0.39 is 5.97 Å². The van der Waals surface area contributed by atoms with E-state index >= 15 is 0 Å². The number of aliphatic carboxylic acids is 1. The summed E-state index contributed by atoms with van der Waals surface area (Å²) < 4.78 is 5.57. The summed E-state index contributed by atoms with van der Waals surface area (Å²) in [5.41, 5.74) is 1.52. The average molecular weight is 267 g/mol. The van der Waals surface area contributed by atoms with Gasteiger partial charge in [-0.2, -0.15) is 0 Å². The van der Waals surface area contributed by atoms with Crippen LogP contribution in [0.4, 0.5) is 0 Å². The molecule has 0 aliphatic heterocycles. The van der Waals surface area contributed by atoms with Crippen LogP contribution in [0.2, 0.25) is 5.02 Å². The van der Waals surface area contributed by atoms with Gasteiger partial charge in [-0.1, -0.05) is 31.2 Å². The quantitative estimate of drug-likeness (QED) is 0.629. The summed E-state index contributed by atoms with van der Waals surface area (Å²) >= 11 is 6.02. The lowest BCUT2D eigenvalue weighted by Gasteiger charge is -2.11. The fourth-order valence-corrected chi connectivity index (χ4v) is 1.47. The molecule has 3 nitrogen and oxygen atoms in total. The Labute approximate surface area is 111 Å². The minimum Gasteiger partial charge on any atom is -0.489 e. The lowest BCUT2D eigenvalue weighted by Crippen LogP contribution is -2.01. The number of rotatable bonds is 6. The zero-order chi connectivity index (χ0) is 13.5. The predicted octanol–water partition coefficient (Wildman–Crippen LogP) is 3.78. The van der Waals surface area contributed by atoms with Gasteiger partial charge in [0.2, 0.25) is 0 Å². The summed E-state index contributed by atoms with van der Waals surface area (Å²) in [5.74, 6) is -0.478. The predicted molar refractivity (Wildman–Crippen MR) is 73.0 cm³/mol. The van der Waals surface area contributed by atoms with Crippen molar-refractivity contribution in [3.63, 3.8) is 0 Å². The van der Waals surface area contributed by atoms with Gasteiger partial charge in [0.05, 0.1) is 5.02 Å². The first-order valence-electron chi connectivity index (χ1n) is 5.53. The van der Waals surface area contributed by atoms with E-state index in [1.807, 2.05) is 6.92 Å². The van der Waals surface area contributed by atoms with E-state index in [2.05, 4.69) is 6.58 Å². The normalized spacial score (nSPS) is 10.6. The van der Waals surface area contributed by atoms with Crippen LogP contribution in [0.1, 0.15) is 18.9 Å². The maximum Gasteiger partial charge on any atom is 0.328 e. The number of halogens is 1. The molecule has 96 valence electrons. The van der Waals surface area contributed by atoms with Crippen molar-refractivity contribution in [2.45, 2.75) is 13.3 Å². The number of carbonyl (C=O) groups is 1. The molecule has 4 heteroatoms.